The molecular formula is C14H24N2O3S. The van der Waals surface area contributed by atoms with E-state index in [2.05, 4.69) is 11.6 Å². The van der Waals surface area contributed by atoms with Crippen molar-refractivity contribution in [1.29, 1.82) is 0 Å². The van der Waals surface area contributed by atoms with Crippen LogP contribution in [0.25, 0.3) is 0 Å². The summed E-state index contributed by atoms with van der Waals surface area (Å²) in [5, 5.41) is 9.15. The summed E-state index contributed by atoms with van der Waals surface area (Å²) in [6, 6.07) is 1.57. The third-order valence-electron chi connectivity index (χ3n) is 4.24. The molecule has 0 aliphatic heterocycles. The van der Waals surface area contributed by atoms with E-state index in [4.69, 9.17) is 5.11 Å². The first kappa shape index (κ1) is 15.5. The number of aryl methyl sites for hydroxylation is 1. The Labute approximate surface area is 121 Å². The highest BCUT2D eigenvalue weighted by Crippen LogP contribution is 2.27. The quantitative estimate of drug-likeness (QED) is 0.870. The van der Waals surface area contributed by atoms with Gasteiger partial charge in [0.15, 0.2) is 0 Å². The van der Waals surface area contributed by atoms with Crippen LogP contribution in [0.15, 0.2) is 17.2 Å². The lowest BCUT2D eigenvalue weighted by Gasteiger charge is -2.28. The minimum Gasteiger partial charge on any atom is -0.390 e. The van der Waals surface area contributed by atoms with Gasteiger partial charge in [0, 0.05) is 25.0 Å². The summed E-state index contributed by atoms with van der Waals surface area (Å²) in [6.07, 6.45) is 6.79. The molecule has 0 aromatic carbocycles. The van der Waals surface area contributed by atoms with E-state index < -0.39 is 10.0 Å². The van der Waals surface area contributed by atoms with Crippen LogP contribution in [-0.2, 0) is 23.7 Å². The molecule has 0 radical (unpaired) electrons. The summed E-state index contributed by atoms with van der Waals surface area (Å²) in [4.78, 5) is 0.239. The third kappa shape index (κ3) is 3.42. The fourth-order valence-corrected chi connectivity index (χ4v) is 4.31. The summed E-state index contributed by atoms with van der Waals surface area (Å²) < 4.78 is 29.2. The molecule has 2 atom stereocenters. The smallest absolute Gasteiger partial charge is 0.242 e. The maximum atomic E-state index is 12.4. The number of nitrogens with zero attached hydrogens (tertiary/aromatic N) is 1. The number of rotatable bonds is 5. The van der Waals surface area contributed by atoms with Gasteiger partial charge >= 0.3 is 0 Å². The molecule has 1 fully saturated rings. The van der Waals surface area contributed by atoms with Crippen LogP contribution in [0.5, 0.6) is 0 Å². The molecule has 0 saturated heterocycles. The number of sulfonamides is 1. The zero-order valence-electron chi connectivity index (χ0n) is 12.2. The third-order valence-corrected chi connectivity index (χ3v) is 5.72. The fraction of sp³-hybridized carbons (Fsp3) is 0.714. The lowest BCUT2D eigenvalue weighted by molar-refractivity contribution is 0.272. The maximum Gasteiger partial charge on any atom is 0.242 e. The molecule has 2 unspecified atom stereocenters. The molecule has 2 rings (SSSR count). The van der Waals surface area contributed by atoms with Crippen molar-refractivity contribution in [2.45, 2.75) is 56.6 Å². The van der Waals surface area contributed by atoms with E-state index >= 15 is 0 Å². The Hall–Kier alpha value is -0.850. The number of nitrogens with one attached hydrogen (secondary N) is 1. The highest BCUT2D eigenvalue weighted by Gasteiger charge is 2.26. The topological polar surface area (TPSA) is 71.3 Å². The number of aromatic nitrogens is 1. The van der Waals surface area contributed by atoms with Crippen molar-refractivity contribution in [3.63, 3.8) is 0 Å². The number of hydrogen-bond acceptors (Lipinski definition) is 3. The second-order valence-electron chi connectivity index (χ2n) is 5.70. The Kier molecular flexibility index (Phi) is 4.88. The largest absolute Gasteiger partial charge is 0.390 e. The monoisotopic (exact) mass is 300 g/mol. The zero-order chi connectivity index (χ0) is 14.8. The molecule has 1 aromatic rings. The molecule has 2 N–H and O–H groups in total. The van der Waals surface area contributed by atoms with Crippen LogP contribution < -0.4 is 4.72 Å². The second-order valence-corrected chi connectivity index (χ2v) is 7.41. The average Bonchev–Trinajstić information content (AvgIpc) is 2.80. The lowest BCUT2D eigenvalue weighted by atomic mass is 9.85. The minimum atomic E-state index is -3.49. The summed E-state index contributed by atoms with van der Waals surface area (Å²) >= 11 is 0. The Bertz CT molecular complexity index is 551. The van der Waals surface area contributed by atoms with Crippen LogP contribution in [-0.4, -0.2) is 24.1 Å². The SMILES string of the molecule is CCC1CCCC(NS(=O)(=O)c2cc(CO)n(C)c2)C1. The van der Waals surface area contributed by atoms with E-state index in [0.29, 0.717) is 11.6 Å². The summed E-state index contributed by atoms with van der Waals surface area (Å²) in [7, 11) is -1.75. The van der Waals surface area contributed by atoms with Crippen molar-refractivity contribution in [3.05, 3.63) is 18.0 Å². The standard InChI is InChI=1S/C14H24N2O3S/c1-3-11-5-4-6-12(7-11)15-20(18,19)14-8-13(10-17)16(2)9-14/h8-9,11-12,15,17H,3-7,10H2,1-2H3. The highest BCUT2D eigenvalue weighted by atomic mass is 32.2. The Morgan fingerprint density at radius 2 is 2.20 bits per heavy atom. The van der Waals surface area contributed by atoms with Crippen LogP contribution in [0, 0.1) is 5.92 Å². The zero-order valence-corrected chi connectivity index (χ0v) is 13.0. The minimum absolute atomic E-state index is 0.0384. The normalized spacial score (nSPS) is 23.9. The molecule has 0 bridgehead atoms. The van der Waals surface area contributed by atoms with Gasteiger partial charge in [0.2, 0.25) is 10.0 Å². The van der Waals surface area contributed by atoms with Gasteiger partial charge in [0.1, 0.15) is 0 Å². The summed E-state index contributed by atoms with van der Waals surface area (Å²) in [5.41, 5.74) is 0.598. The van der Waals surface area contributed by atoms with Gasteiger partial charge in [-0.15, -0.1) is 0 Å². The average molecular weight is 300 g/mol. The molecule has 0 spiro atoms. The van der Waals surface area contributed by atoms with Crippen molar-refractivity contribution >= 4 is 10.0 Å². The Morgan fingerprint density at radius 3 is 2.80 bits per heavy atom. The number of aliphatic hydroxyl groups excluding tert-OH is 1. The first-order valence-electron chi connectivity index (χ1n) is 7.24. The van der Waals surface area contributed by atoms with Crippen LogP contribution in [0.3, 0.4) is 0 Å². The molecule has 20 heavy (non-hydrogen) atoms. The van der Waals surface area contributed by atoms with Gasteiger partial charge in [-0.3, -0.25) is 0 Å². The van der Waals surface area contributed by atoms with Gasteiger partial charge in [0.25, 0.3) is 0 Å². The van der Waals surface area contributed by atoms with Crippen LogP contribution in [0.2, 0.25) is 0 Å². The first-order valence-corrected chi connectivity index (χ1v) is 8.73. The van der Waals surface area contributed by atoms with Crippen molar-refractivity contribution < 1.29 is 13.5 Å². The van der Waals surface area contributed by atoms with Gasteiger partial charge in [-0.25, -0.2) is 13.1 Å². The van der Waals surface area contributed by atoms with Crippen LogP contribution in [0.1, 0.15) is 44.7 Å². The maximum absolute atomic E-state index is 12.4. The van der Waals surface area contributed by atoms with E-state index in [1.54, 1.807) is 17.8 Å². The molecule has 1 heterocycles. The van der Waals surface area contributed by atoms with E-state index in [9.17, 15) is 8.42 Å². The molecule has 1 aromatic heterocycles. The first-order chi connectivity index (χ1) is 9.46. The Morgan fingerprint density at radius 1 is 1.45 bits per heavy atom. The predicted molar refractivity (Wildman–Crippen MR) is 77.7 cm³/mol. The van der Waals surface area contributed by atoms with E-state index in [-0.39, 0.29) is 17.5 Å². The van der Waals surface area contributed by atoms with Crippen molar-refractivity contribution in [2.75, 3.05) is 0 Å². The fourth-order valence-electron chi connectivity index (χ4n) is 2.94. The predicted octanol–water partition coefficient (Wildman–Crippen LogP) is 1.76. The molecule has 0 amide bonds. The van der Waals surface area contributed by atoms with Crippen LogP contribution >= 0.6 is 0 Å². The van der Waals surface area contributed by atoms with Crippen LogP contribution in [0.4, 0.5) is 0 Å². The summed E-state index contributed by atoms with van der Waals surface area (Å²) in [5.74, 6) is 0.625. The number of aliphatic hydroxyl groups is 1. The molecule has 1 saturated carbocycles. The van der Waals surface area contributed by atoms with Gasteiger partial charge in [-0.1, -0.05) is 26.2 Å². The molecule has 5 nitrogen and oxygen atoms in total. The molecule has 6 heteroatoms. The Balaban J connectivity index is 2.10. The highest BCUT2D eigenvalue weighted by molar-refractivity contribution is 7.89. The molecule has 114 valence electrons. The van der Waals surface area contributed by atoms with Gasteiger partial charge in [-0.05, 0) is 24.8 Å². The van der Waals surface area contributed by atoms with E-state index in [0.717, 1.165) is 25.7 Å². The van der Waals surface area contributed by atoms with E-state index in [1.165, 1.54) is 12.5 Å². The second kappa shape index (κ2) is 6.28. The van der Waals surface area contributed by atoms with Gasteiger partial charge < -0.3 is 9.67 Å². The molecular weight excluding hydrogens is 276 g/mol. The van der Waals surface area contributed by atoms with Crippen molar-refractivity contribution in [3.8, 4) is 0 Å². The van der Waals surface area contributed by atoms with Crippen molar-refractivity contribution in [1.82, 2.24) is 9.29 Å². The van der Waals surface area contributed by atoms with Gasteiger partial charge in [0.05, 0.1) is 11.5 Å². The van der Waals surface area contributed by atoms with E-state index in [1.807, 2.05) is 0 Å². The summed E-state index contributed by atoms with van der Waals surface area (Å²) in [6.45, 7) is 2.00. The number of hydrogen-bond donors (Lipinski definition) is 2. The lowest BCUT2D eigenvalue weighted by Crippen LogP contribution is -2.38. The molecule has 1 aliphatic rings. The van der Waals surface area contributed by atoms with Crippen molar-refractivity contribution in [2.24, 2.45) is 13.0 Å². The van der Waals surface area contributed by atoms with Gasteiger partial charge in [-0.2, -0.15) is 0 Å². The molecule has 1 aliphatic carbocycles.